The topological polar surface area (TPSA) is 97.3 Å². The van der Waals surface area contributed by atoms with Crippen molar-refractivity contribution in [1.29, 1.82) is 0 Å². The van der Waals surface area contributed by atoms with Crippen LogP contribution in [0.25, 0.3) is 0 Å². The Bertz CT molecular complexity index is 1730. The molecule has 0 aliphatic carbocycles. The Kier molecular flexibility index (Phi) is 7.58. The summed E-state index contributed by atoms with van der Waals surface area (Å²) in [5.41, 5.74) is 2.09. The molecule has 2 amide bonds. The third-order valence-electron chi connectivity index (χ3n) is 7.58. The van der Waals surface area contributed by atoms with Crippen molar-refractivity contribution in [1.82, 2.24) is 10.2 Å². The van der Waals surface area contributed by atoms with Crippen LogP contribution >= 0.6 is 0 Å². The van der Waals surface area contributed by atoms with Crippen molar-refractivity contribution >= 4 is 11.8 Å². The van der Waals surface area contributed by atoms with Crippen LogP contribution in [-0.2, 0) is 6.42 Å². The highest BCUT2D eigenvalue weighted by Gasteiger charge is 2.34. The van der Waals surface area contributed by atoms with E-state index in [2.05, 4.69) is 5.32 Å². The second-order valence-corrected chi connectivity index (χ2v) is 10.3. The molecule has 4 aromatic rings. The quantitative estimate of drug-likeness (QED) is 0.310. The number of ether oxygens (including phenoxy) is 3. The number of amides is 2. The highest BCUT2D eigenvalue weighted by atomic mass is 19.1. The summed E-state index contributed by atoms with van der Waals surface area (Å²) in [6.07, 6.45) is 0.877. The number of nitrogens with one attached hydrogen (secondary N) is 1. The smallest absolute Gasteiger partial charge is 0.257 e. The van der Waals surface area contributed by atoms with Crippen LogP contribution in [0.4, 0.5) is 8.78 Å². The number of methoxy groups -OCH3 is 1. The maximum atomic E-state index is 14.8. The molecule has 3 aliphatic heterocycles. The number of benzene rings is 4. The molecule has 0 aromatic heterocycles. The second kappa shape index (κ2) is 11.6. The lowest BCUT2D eigenvalue weighted by atomic mass is 9.87. The van der Waals surface area contributed by atoms with E-state index in [4.69, 9.17) is 14.2 Å². The second-order valence-electron chi connectivity index (χ2n) is 10.3. The van der Waals surface area contributed by atoms with Gasteiger partial charge in [0.1, 0.15) is 28.9 Å². The summed E-state index contributed by atoms with van der Waals surface area (Å²) in [7, 11) is 1.52. The molecular formula is C33H28F2N2O6. The molecule has 0 radical (unpaired) electrons. The Morgan fingerprint density at radius 1 is 1.02 bits per heavy atom. The molecule has 10 heteroatoms. The summed E-state index contributed by atoms with van der Waals surface area (Å²) in [6, 6.07) is 17.4. The molecule has 1 unspecified atom stereocenters. The van der Waals surface area contributed by atoms with Gasteiger partial charge in [0.05, 0.1) is 30.9 Å². The van der Waals surface area contributed by atoms with Crippen molar-refractivity contribution in [2.24, 2.45) is 0 Å². The average molecular weight is 587 g/mol. The zero-order chi connectivity index (χ0) is 30.1. The van der Waals surface area contributed by atoms with Crippen LogP contribution in [0.5, 0.6) is 28.7 Å². The van der Waals surface area contributed by atoms with E-state index in [1.807, 2.05) is 18.2 Å². The Morgan fingerprint density at radius 2 is 1.84 bits per heavy atom. The summed E-state index contributed by atoms with van der Waals surface area (Å²) in [5.74, 6) is -1.03. The van der Waals surface area contributed by atoms with Crippen molar-refractivity contribution in [2.75, 3.05) is 26.8 Å². The summed E-state index contributed by atoms with van der Waals surface area (Å²) >= 11 is 0. The number of aromatic hydroxyl groups is 1. The number of carbonyl (C=O) groups excluding carboxylic acids is 2. The first-order valence-corrected chi connectivity index (χ1v) is 13.8. The fraction of sp³-hybridized carbons (Fsp3) is 0.212. The third-order valence-corrected chi connectivity index (χ3v) is 7.58. The minimum Gasteiger partial charge on any atom is -0.507 e. The van der Waals surface area contributed by atoms with Gasteiger partial charge in [-0.05, 0) is 90.2 Å². The number of rotatable bonds is 2. The number of nitrogens with zero attached hydrogens (tertiary/aromatic N) is 1. The Morgan fingerprint density at radius 3 is 2.67 bits per heavy atom. The standard InChI is InChI=1S/C33H28F2N2O6/c1-41-29-10-3-20-16-30(29)42-14-2-12-36-32(39)26-18-23(6-9-28(26)38)43-22-5-7-24-19(15-22)11-13-37(31(20)24)33(40)25-17-21(34)4-8-27(25)35/h3-10,15-18,31,38H,2,11-14H2,1H3,(H,36,39). The summed E-state index contributed by atoms with van der Waals surface area (Å²) in [5, 5.41) is 13.1. The molecule has 0 saturated heterocycles. The van der Waals surface area contributed by atoms with Gasteiger partial charge in [0.15, 0.2) is 11.5 Å². The largest absolute Gasteiger partial charge is 0.507 e. The van der Waals surface area contributed by atoms with Gasteiger partial charge >= 0.3 is 0 Å². The SMILES string of the molecule is COc1ccc2cc1OCCCNC(=O)c1cc(ccc1O)Oc1ccc3c(c1)CCN(C(=O)c1cc(F)ccc1F)C23. The van der Waals surface area contributed by atoms with Gasteiger partial charge in [-0.3, -0.25) is 9.59 Å². The first-order chi connectivity index (χ1) is 20.8. The highest BCUT2D eigenvalue weighted by molar-refractivity contribution is 5.97. The maximum absolute atomic E-state index is 14.8. The molecule has 1 atom stereocenters. The van der Waals surface area contributed by atoms with Gasteiger partial charge in [0.2, 0.25) is 0 Å². The van der Waals surface area contributed by atoms with Gasteiger partial charge in [0.25, 0.3) is 11.8 Å². The van der Waals surface area contributed by atoms with E-state index in [9.17, 15) is 23.5 Å². The van der Waals surface area contributed by atoms with Crippen LogP contribution in [0, 0.1) is 11.6 Å². The fourth-order valence-corrected chi connectivity index (χ4v) is 5.49. The van der Waals surface area contributed by atoms with Gasteiger partial charge in [-0.25, -0.2) is 8.78 Å². The molecule has 0 spiro atoms. The zero-order valence-corrected chi connectivity index (χ0v) is 23.2. The molecule has 2 N–H and O–H groups in total. The summed E-state index contributed by atoms with van der Waals surface area (Å²) in [4.78, 5) is 28.1. The molecule has 0 saturated carbocycles. The zero-order valence-electron chi connectivity index (χ0n) is 23.2. The monoisotopic (exact) mass is 586 g/mol. The number of hydrogen-bond acceptors (Lipinski definition) is 6. The van der Waals surface area contributed by atoms with E-state index in [0.717, 1.165) is 29.3 Å². The van der Waals surface area contributed by atoms with E-state index < -0.39 is 29.5 Å². The molecule has 3 aliphatic rings. The van der Waals surface area contributed by atoms with E-state index in [-0.39, 0.29) is 36.6 Å². The molecule has 220 valence electrons. The van der Waals surface area contributed by atoms with Crippen molar-refractivity contribution in [3.05, 3.63) is 112 Å². The van der Waals surface area contributed by atoms with Crippen LogP contribution in [0.3, 0.4) is 0 Å². The van der Waals surface area contributed by atoms with Crippen LogP contribution in [0.15, 0.2) is 72.8 Å². The number of hydrogen-bond donors (Lipinski definition) is 2. The van der Waals surface area contributed by atoms with Crippen LogP contribution in [0.1, 0.15) is 49.9 Å². The van der Waals surface area contributed by atoms with Gasteiger partial charge in [-0.15, -0.1) is 0 Å². The number of halogens is 2. The molecule has 43 heavy (non-hydrogen) atoms. The molecule has 8 nitrogen and oxygen atoms in total. The van der Waals surface area contributed by atoms with E-state index >= 15 is 0 Å². The van der Waals surface area contributed by atoms with Gasteiger partial charge in [-0.1, -0.05) is 12.1 Å². The van der Waals surface area contributed by atoms with Crippen molar-refractivity contribution in [3.63, 3.8) is 0 Å². The lowest BCUT2D eigenvalue weighted by molar-refractivity contribution is 0.0688. The minimum atomic E-state index is -0.805. The molecular weight excluding hydrogens is 558 g/mol. The van der Waals surface area contributed by atoms with E-state index in [1.165, 1.54) is 24.1 Å². The maximum Gasteiger partial charge on any atom is 0.257 e. The molecule has 4 aromatic carbocycles. The van der Waals surface area contributed by atoms with E-state index in [1.54, 1.807) is 24.3 Å². The highest BCUT2D eigenvalue weighted by Crippen LogP contribution is 2.41. The van der Waals surface area contributed by atoms with Crippen LogP contribution < -0.4 is 19.5 Å². The molecule has 8 bridgehead atoms. The minimum absolute atomic E-state index is 0.0747. The van der Waals surface area contributed by atoms with Gasteiger partial charge in [0, 0.05) is 13.1 Å². The first-order valence-electron chi connectivity index (χ1n) is 13.8. The number of fused-ring (bicyclic) bond motifs is 6. The van der Waals surface area contributed by atoms with Gasteiger partial charge in [-0.2, -0.15) is 0 Å². The Balaban J connectivity index is 1.47. The molecule has 0 fully saturated rings. The third kappa shape index (κ3) is 5.55. The fourth-order valence-electron chi connectivity index (χ4n) is 5.49. The normalized spacial score (nSPS) is 16.3. The summed E-state index contributed by atoms with van der Waals surface area (Å²) in [6.45, 7) is 0.734. The summed E-state index contributed by atoms with van der Waals surface area (Å²) < 4.78 is 46.5. The number of phenols is 1. The van der Waals surface area contributed by atoms with Crippen LogP contribution in [0.2, 0.25) is 0 Å². The van der Waals surface area contributed by atoms with Crippen molar-refractivity contribution in [3.8, 4) is 28.7 Å². The number of phenolic OH excluding ortho intramolecular Hbond substituents is 1. The Labute approximate surface area is 246 Å². The van der Waals surface area contributed by atoms with Crippen LogP contribution in [-0.4, -0.2) is 48.6 Å². The molecule has 7 rings (SSSR count). The Hall–Kier alpha value is -5.12. The molecule has 3 heterocycles. The first kappa shape index (κ1) is 28.0. The van der Waals surface area contributed by atoms with Crippen molar-refractivity contribution in [2.45, 2.75) is 18.9 Å². The van der Waals surface area contributed by atoms with E-state index in [0.29, 0.717) is 41.4 Å². The van der Waals surface area contributed by atoms with Crippen molar-refractivity contribution < 1.29 is 37.7 Å². The predicted molar refractivity (Wildman–Crippen MR) is 153 cm³/mol. The average Bonchev–Trinajstić information content (AvgIpc) is 3.01. The number of carbonyl (C=O) groups is 2. The predicted octanol–water partition coefficient (Wildman–Crippen LogP) is 5.77. The van der Waals surface area contributed by atoms with Gasteiger partial charge < -0.3 is 29.5 Å². The lowest BCUT2D eigenvalue weighted by Crippen LogP contribution is -2.41. The lowest BCUT2D eigenvalue weighted by Gasteiger charge is -2.38.